The van der Waals surface area contributed by atoms with Crippen LogP contribution in [0.1, 0.15) is 29.5 Å². The van der Waals surface area contributed by atoms with Crippen LogP contribution < -0.4 is 10.6 Å². The molecule has 1 saturated heterocycles. The first kappa shape index (κ1) is 11.2. The normalized spacial score (nSPS) is 24.7. The van der Waals surface area contributed by atoms with Gasteiger partial charge in [-0.2, -0.15) is 0 Å². The van der Waals surface area contributed by atoms with E-state index in [4.69, 9.17) is 0 Å². The van der Waals surface area contributed by atoms with Gasteiger partial charge in [-0.3, -0.25) is 4.79 Å². The monoisotopic (exact) mass is 221 g/mol. The molecule has 4 heteroatoms. The predicted octanol–water partition coefficient (Wildman–Crippen LogP) is 0.815. The molecule has 1 fully saturated rings. The van der Waals surface area contributed by atoms with E-state index in [1.54, 1.807) is 0 Å². The fourth-order valence-corrected chi connectivity index (χ4v) is 2.10. The first-order chi connectivity index (χ1) is 7.52. The smallest absolute Gasteiger partial charge is 0.268 e. The third-order valence-corrected chi connectivity index (χ3v) is 3.39. The minimum Gasteiger partial charge on any atom is -0.344 e. The largest absolute Gasteiger partial charge is 0.344 e. The lowest BCUT2D eigenvalue weighted by molar-refractivity contribution is 0.0904. The van der Waals surface area contributed by atoms with E-state index in [9.17, 15) is 4.79 Å². The Kier molecular flexibility index (Phi) is 2.76. The molecule has 88 valence electrons. The highest BCUT2D eigenvalue weighted by molar-refractivity contribution is 5.93. The first-order valence-electron chi connectivity index (χ1n) is 5.67. The number of nitrogens with zero attached hydrogens (tertiary/aromatic N) is 1. The lowest BCUT2D eigenvalue weighted by Gasteiger charge is -2.24. The van der Waals surface area contributed by atoms with Gasteiger partial charge in [0.25, 0.3) is 5.91 Å². The van der Waals surface area contributed by atoms with Crippen molar-refractivity contribution >= 4 is 5.91 Å². The van der Waals surface area contributed by atoms with Crippen LogP contribution in [0.5, 0.6) is 0 Å². The summed E-state index contributed by atoms with van der Waals surface area (Å²) in [6.45, 7) is 5.90. The molecule has 0 radical (unpaired) electrons. The van der Waals surface area contributed by atoms with Crippen LogP contribution in [0, 0.1) is 6.92 Å². The molecule has 1 aliphatic rings. The maximum atomic E-state index is 12.1. The van der Waals surface area contributed by atoms with Crippen LogP contribution >= 0.6 is 0 Å². The minimum absolute atomic E-state index is 0.0156. The molecule has 0 aliphatic carbocycles. The van der Waals surface area contributed by atoms with Crippen LogP contribution in [0.2, 0.25) is 0 Å². The van der Waals surface area contributed by atoms with E-state index in [0.29, 0.717) is 0 Å². The number of aromatic nitrogens is 1. The van der Waals surface area contributed by atoms with Crippen LogP contribution in [0.25, 0.3) is 0 Å². The molecule has 1 aliphatic heterocycles. The van der Waals surface area contributed by atoms with E-state index < -0.39 is 0 Å². The molecule has 0 aromatic carbocycles. The van der Waals surface area contributed by atoms with Gasteiger partial charge < -0.3 is 15.2 Å². The summed E-state index contributed by atoms with van der Waals surface area (Å²) in [5.74, 6) is 0.0156. The molecule has 2 N–H and O–H groups in total. The number of rotatable bonds is 2. The van der Waals surface area contributed by atoms with E-state index in [0.717, 1.165) is 30.9 Å². The molecule has 2 rings (SSSR count). The van der Waals surface area contributed by atoms with Crippen molar-refractivity contribution < 1.29 is 4.79 Å². The zero-order valence-electron chi connectivity index (χ0n) is 10.1. The Morgan fingerprint density at radius 3 is 2.81 bits per heavy atom. The van der Waals surface area contributed by atoms with Crippen molar-refractivity contribution in [2.75, 3.05) is 13.1 Å². The lowest BCUT2D eigenvalue weighted by atomic mass is 10.0. The van der Waals surface area contributed by atoms with Gasteiger partial charge in [-0.05, 0) is 38.9 Å². The molecular weight excluding hydrogens is 202 g/mol. The van der Waals surface area contributed by atoms with Crippen LogP contribution in [0.15, 0.2) is 12.1 Å². The van der Waals surface area contributed by atoms with Gasteiger partial charge in [0.1, 0.15) is 5.69 Å². The summed E-state index contributed by atoms with van der Waals surface area (Å²) in [5, 5.41) is 6.37. The number of nitrogens with one attached hydrogen (secondary N) is 2. The second kappa shape index (κ2) is 3.94. The van der Waals surface area contributed by atoms with E-state index in [1.807, 2.05) is 30.7 Å². The zero-order valence-corrected chi connectivity index (χ0v) is 10.1. The molecule has 2 heterocycles. The van der Waals surface area contributed by atoms with Crippen molar-refractivity contribution in [2.24, 2.45) is 7.05 Å². The van der Waals surface area contributed by atoms with Crippen LogP contribution in [-0.2, 0) is 7.05 Å². The maximum absolute atomic E-state index is 12.1. The van der Waals surface area contributed by atoms with Crippen LogP contribution in [0.4, 0.5) is 0 Å². The van der Waals surface area contributed by atoms with E-state index in [2.05, 4.69) is 17.6 Å². The van der Waals surface area contributed by atoms with Gasteiger partial charge in [0.15, 0.2) is 0 Å². The van der Waals surface area contributed by atoms with Crippen molar-refractivity contribution in [3.63, 3.8) is 0 Å². The van der Waals surface area contributed by atoms with Crippen molar-refractivity contribution in [1.82, 2.24) is 15.2 Å². The van der Waals surface area contributed by atoms with Crippen molar-refractivity contribution in [3.05, 3.63) is 23.5 Å². The molecule has 1 unspecified atom stereocenters. The highest BCUT2D eigenvalue weighted by Crippen LogP contribution is 2.15. The van der Waals surface area contributed by atoms with E-state index in [1.165, 1.54) is 0 Å². The molecule has 1 aromatic heterocycles. The second-order valence-corrected chi connectivity index (χ2v) is 4.86. The topological polar surface area (TPSA) is 46.1 Å². The molecule has 1 atom stereocenters. The van der Waals surface area contributed by atoms with Crippen LogP contribution in [-0.4, -0.2) is 29.1 Å². The molecule has 1 amide bonds. The highest BCUT2D eigenvalue weighted by atomic mass is 16.2. The Morgan fingerprint density at radius 2 is 2.31 bits per heavy atom. The third kappa shape index (κ3) is 1.97. The fraction of sp³-hybridized carbons (Fsp3) is 0.583. The molecule has 4 nitrogen and oxygen atoms in total. The maximum Gasteiger partial charge on any atom is 0.268 e. The Morgan fingerprint density at radius 1 is 1.56 bits per heavy atom. The summed E-state index contributed by atoms with van der Waals surface area (Å²) < 4.78 is 1.92. The standard InChI is InChI=1S/C12H19N3O/c1-9-4-5-10(15(9)3)11(16)14-12(2)6-7-13-8-12/h4-5,13H,6-8H2,1-3H3,(H,14,16). The van der Waals surface area contributed by atoms with Gasteiger partial charge in [-0.1, -0.05) is 0 Å². The summed E-state index contributed by atoms with van der Waals surface area (Å²) in [6, 6.07) is 3.83. The Hall–Kier alpha value is -1.29. The Labute approximate surface area is 96.0 Å². The molecule has 0 bridgehead atoms. The number of aryl methyl sites for hydroxylation is 1. The van der Waals surface area contributed by atoms with Gasteiger partial charge in [0.05, 0.1) is 5.54 Å². The molecule has 1 aromatic rings. The number of hydrogen-bond donors (Lipinski definition) is 2. The number of amides is 1. The summed E-state index contributed by atoms with van der Waals surface area (Å²) in [5.41, 5.74) is 1.72. The van der Waals surface area contributed by atoms with Gasteiger partial charge in [0.2, 0.25) is 0 Å². The van der Waals surface area contributed by atoms with Crippen LogP contribution in [0.3, 0.4) is 0 Å². The predicted molar refractivity (Wildman–Crippen MR) is 63.5 cm³/mol. The molecular formula is C12H19N3O. The summed E-state index contributed by atoms with van der Waals surface area (Å²) >= 11 is 0. The molecule has 0 saturated carbocycles. The van der Waals surface area contributed by atoms with E-state index >= 15 is 0 Å². The SMILES string of the molecule is Cc1ccc(C(=O)NC2(C)CCNC2)n1C. The average molecular weight is 221 g/mol. The van der Waals surface area contributed by atoms with Gasteiger partial charge in [0, 0.05) is 19.3 Å². The summed E-state index contributed by atoms with van der Waals surface area (Å²) in [6.07, 6.45) is 0.988. The highest BCUT2D eigenvalue weighted by Gasteiger charge is 2.30. The Bertz CT molecular complexity index is 402. The average Bonchev–Trinajstić information content (AvgIpc) is 2.76. The number of hydrogen-bond acceptors (Lipinski definition) is 2. The van der Waals surface area contributed by atoms with E-state index in [-0.39, 0.29) is 11.4 Å². The molecule has 0 spiro atoms. The second-order valence-electron chi connectivity index (χ2n) is 4.86. The number of carbonyl (C=O) groups excluding carboxylic acids is 1. The summed E-state index contributed by atoms with van der Waals surface area (Å²) in [7, 11) is 1.92. The Balaban J connectivity index is 2.11. The zero-order chi connectivity index (χ0) is 11.8. The van der Waals surface area contributed by atoms with Crippen molar-refractivity contribution in [1.29, 1.82) is 0 Å². The van der Waals surface area contributed by atoms with Gasteiger partial charge >= 0.3 is 0 Å². The van der Waals surface area contributed by atoms with Crippen molar-refractivity contribution in [2.45, 2.75) is 25.8 Å². The number of carbonyl (C=O) groups is 1. The third-order valence-electron chi connectivity index (χ3n) is 3.39. The molecule has 16 heavy (non-hydrogen) atoms. The minimum atomic E-state index is -0.102. The first-order valence-corrected chi connectivity index (χ1v) is 5.67. The summed E-state index contributed by atoms with van der Waals surface area (Å²) in [4.78, 5) is 12.1. The fourth-order valence-electron chi connectivity index (χ4n) is 2.10. The quantitative estimate of drug-likeness (QED) is 0.776. The van der Waals surface area contributed by atoms with Crippen molar-refractivity contribution in [3.8, 4) is 0 Å². The van der Waals surface area contributed by atoms with Gasteiger partial charge in [-0.25, -0.2) is 0 Å². The lowest BCUT2D eigenvalue weighted by Crippen LogP contribution is -2.47. The van der Waals surface area contributed by atoms with Gasteiger partial charge in [-0.15, -0.1) is 0 Å².